The van der Waals surface area contributed by atoms with Crippen LogP contribution in [0.1, 0.15) is 43.9 Å². The molecule has 2 unspecified atom stereocenters. The number of allylic oxidation sites excluding steroid dienone is 4. The van der Waals surface area contributed by atoms with E-state index in [-0.39, 0.29) is 6.04 Å². The summed E-state index contributed by atoms with van der Waals surface area (Å²) in [5.41, 5.74) is 6.73. The SMILES string of the molecule is CC1=CC(c2ccccc2C(C)Nc2ccccc2)C(C)=C1. The Morgan fingerprint density at radius 2 is 1.59 bits per heavy atom. The van der Waals surface area contributed by atoms with Crippen LogP contribution in [-0.2, 0) is 0 Å². The molecule has 0 radical (unpaired) electrons. The van der Waals surface area contributed by atoms with Crippen molar-refractivity contribution in [3.63, 3.8) is 0 Å². The molecule has 1 N–H and O–H groups in total. The van der Waals surface area contributed by atoms with Gasteiger partial charge in [-0.3, -0.25) is 0 Å². The Morgan fingerprint density at radius 3 is 2.27 bits per heavy atom. The van der Waals surface area contributed by atoms with Crippen molar-refractivity contribution in [2.45, 2.75) is 32.7 Å². The summed E-state index contributed by atoms with van der Waals surface area (Å²) in [6.07, 6.45) is 4.65. The van der Waals surface area contributed by atoms with Gasteiger partial charge in [-0.15, -0.1) is 0 Å². The average Bonchev–Trinajstić information content (AvgIpc) is 2.87. The maximum Gasteiger partial charge on any atom is 0.0488 e. The third-order valence-corrected chi connectivity index (χ3v) is 4.33. The first kappa shape index (κ1) is 14.6. The number of nitrogens with one attached hydrogen (secondary N) is 1. The van der Waals surface area contributed by atoms with Crippen molar-refractivity contribution in [1.82, 2.24) is 0 Å². The molecule has 1 aliphatic rings. The van der Waals surface area contributed by atoms with Gasteiger partial charge in [0.15, 0.2) is 0 Å². The van der Waals surface area contributed by atoms with E-state index in [1.807, 2.05) is 6.07 Å². The van der Waals surface area contributed by atoms with Crippen LogP contribution in [-0.4, -0.2) is 0 Å². The van der Waals surface area contributed by atoms with Gasteiger partial charge in [-0.05, 0) is 44.0 Å². The van der Waals surface area contributed by atoms with Crippen LogP contribution >= 0.6 is 0 Å². The highest BCUT2D eigenvalue weighted by Crippen LogP contribution is 2.37. The molecule has 0 aliphatic heterocycles. The molecule has 1 aliphatic carbocycles. The minimum atomic E-state index is 0.278. The molecule has 112 valence electrons. The van der Waals surface area contributed by atoms with Crippen molar-refractivity contribution >= 4 is 5.69 Å². The van der Waals surface area contributed by atoms with Gasteiger partial charge in [0, 0.05) is 17.6 Å². The molecule has 2 aromatic carbocycles. The second-order valence-corrected chi connectivity index (χ2v) is 6.14. The number of para-hydroxylation sites is 1. The lowest BCUT2D eigenvalue weighted by Gasteiger charge is -2.22. The molecule has 3 rings (SSSR count). The van der Waals surface area contributed by atoms with Crippen LogP contribution in [0.4, 0.5) is 5.69 Å². The Hall–Kier alpha value is -2.28. The number of benzene rings is 2. The molecule has 0 saturated carbocycles. The first-order valence-electron chi connectivity index (χ1n) is 7.92. The summed E-state index contributed by atoms with van der Waals surface area (Å²) in [5.74, 6) is 0.413. The van der Waals surface area contributed by atoms with Gasteiger partial charge in [0.2, 0.25) is 0 Å². The van der Waals surface area contributed by atoms with Crippen LogP contribution in [0, 0.1) is 0 Å². The number of hydrogen-bond donors (Lipinski definition) is 1. The zero-order valence-electron chi connectivity index (χ0n) is 13.5. The van der Waals surface area contributed by atoms with Gasteiger partial charge < -0.3 is 5.32 Å². The summed E-state index contributed by atoms with van der Waals surface area (Å²) in [6, 6.07) is 19.5. The second kappa shape index (κ2) is 6.23. The van der Waals surface area contributed by atoms with Gasteiger partial charge in [0.05, 0.1) is 0 Å². The van der Waals surface area contributed by atoms with E-state index in [2.05, 4.69) is 86.8 Å². The molecule has 1 nitrogen and oxygen atoms in total. The van der Waals surface area contributed by atoms with E-state index >= 15 is 0 Å². The van der Waals surface area contributed by atoms with E-state index in [9.17, 15) is 0 Å². The second-order valence-electron chi connectivity index (χ2n) is 6.14. The van der Waals surface area contributed by atoms with Crippen LogP contribution in [0.5, 0.6) is 0 Å². The summed E-state index contributed by atoms with van der Waals surface area (Å²) in [4.78, 5) is 0. The standard InChI is InChI=1S/C21H23N/c1-15-13-16(2)21(14-15)20-12-8-7-11-19(20)17(3)22-18-9-5-4-6-10-18/h4-14,17,21-22H,1-3H3. The lowest BCUT2D eigenvalue weighted by atomic mass is 9.88. The molecule has 2 atom stereocenters. The zero-order valence-corrected chi connectivity index (χ0v) is 13.5. The summed E-state index contributed by atoms with van der Waals surface area (Å²) in [6.45, 7) is 6.64. The Labute approximate surface area is 133 Å². The first-order valence-corrected chi connectivity index (χ1v) is 7.92. The molecule has 0 spiro atoms. The van der Waals surface area contributed by atoms with Crippen molar-refractivity contribution in [2.24, 2.45) is 0 Å². The van der Waals surface area contributed by atoms with Crippen LogP contribution < -0.4 is 5.32 Å². The molecule has 0 amide bonds. The zero-order chi connectivity index (χ0) is 15.5. The van der Waals surface area contributed by atoms with E-state index in [1.54, 1.807) is 0 Å². The van der Waals surface area contributed by atoms with E-state index in [4.69, 9.17) is 0 Å². The fourth-order valence-electron chi connectivity index (χ4n) is 3.28. The van der Waals surface area contributed by atoms with Gasteiger partial charge in [-0.2, -0.15) is 0 Å². The van der Waals surface area contributed by atoms with Gasteiger partial charge >= 0.3 is 0 Å². The van der Waals surface area contributed by atoms with E-state index in [0.29, 0.717) is 5.92 Å². The minimum absolute atomic E-state index is 0.278. The lowest BCUT2D eigenvalue weighted by Crippen LogP contribution is -2.11. The molecule has 0 aromatic heterocycles. The summed E-state index contributed by atoms with van der Waals surface area (Å²) >= 11 is 0. The number of rotatable bonds is 4. The van der Waals surface area contributed by atoms with E-state index in [1.165, 1.54) is 22.3 Å². The third-order valence-electron chi connectivity index (χ3n) is 4.33. The Balaban J connectivity index is 1.90. The predicted molar refractivity (Wildman–Crippen MR) is 95.2 cm³/mol. The van der Waals surface area contributed by atoms with Gasteiger partial charge in [0.1, 0.15) is 0 Å². The Kier molecular flexibility index (Phi) is 4.15. The maximum absolute atomic E-state index is 3.61. The van der Waals surface area contributed by atoms with Crippen molar-refractivity contribution in [3.05, 3.63) is 89.0 Å². The molecular formula is C21H23N. The predicted octanol–water partition coefficient (Wildman–Crippen LogP) is 5.85. The highest BCUT2D eigenvalue weighted by Gasteiger charge is 2.20. The fraction of sp³-hybridized carbons (Fsp3) is 0.238. The molecule has 2 aromatic rings. The lowest BCUT2D eigenvalue weighted by molar-refractivity contribution is 0.846. The molecule has 0 saturated heterocycles. The van der Waals surface area contributed by atoms with Crippen molar-refractivity contribution < 1.29 is 0 Å². The summed E-state index contributed by atoms with van der Waals surface area (Å²) in [7, 11) is 0. The fourth-order valence-corrected chi connectivity index (χ4v) is 3.28. The molecule has 0 bridgehead atoms. The number of anilines is 1. The van der Waals surface area contributed by atoms with E-state index in [0.717, 1.165) is 5.69 Å². The third kappa shape index (κ3) is 2.99. The van der Waals surface area contributed by atoms with Gasteiger partial charge in [-0.25, -0.2) is 0 Å². The van der Waals surface area contributed by atoms with Crippen molar-refractivity contribution in [1.29, 1.82) is 0 Å². The molecule has 0 fully saturated rings. The highest BCUT2D eigenvalue weighted by molar-refractivity contribution is 5.50. The first-order chi connectivity index (χ1) is 10.6. The van der Waals surface area contributed by atoms with Crippen LogP contribution in [0.3, 0.4) is 0 Å². The van der Waals surface area contributed by atoms with Gasteiger partial charge in [-0.1, -0.05) is 65.8 Å². The van der Waals surface area contributed by atoms with Crippen molar-refractivity contribution in [3.8, 4) is 0 Å². The van der Waals surface area contributed by atoms with E-state index < -0.39 is 0 Å². The smallest absolute Gasteiger partial charge is 0.0488 e. The Bertz CT molecular complexity index is 710. The minimum Gasteiger partial charge on any atom is -0.379 e. The quantitative estimate of drug-likeness (QED) is 0.744. The largest absolute Gasteiger partial charge is 0.379 e. The summed E-state index contributed by atoms with van der Waals surface area (Å²) in [5, 5.41) is 3.61. The monoisotopic (exact) mass is 289 g/mol. The average molecular weight is 289 g/mol. The summed E-state index contributed by atoms with van der Waals surface area (Å²) < 4.78 is 0. The van der Waals surface area contributed by atoms with Crippen LogP contribution in [0.2, 0.25) is 0 Å². The molecular weight excluding hydrogens is 266 g/mol. The molecule has 1 heteroatoms. The highest BCUT2D eigenvalue weighted by atomic mass is 14.9. The normalized spacial score (nSPS) is 18.6. The molecule has 22 heavy (non-hydrogen) atoms. The van der Waals surface area contributed by atoms with Crippen LogP contribution in [0.15, 0.2) is 77.9 Å². The topological polar surface area (TPSA) is 12.0 Å². The molecule has 0 heterocycles. The Morgan fingerprint density at radius 1 is 0.909 bits per heavy atom. The van der Waals surface area contributed by atoms with Crippen LogP contribution in [0.25, 0.3) is 0 Å². The van der Waals surface area contributed by atoms with Crippen molar-refractivity contribution in [2.75, 3.05) is 5.32 Å². The maximum atomic E-state index is 3.61. The number of hydrogen-bond acceptors (Lipinski definition) is 1. The van der Waals surface area contributed by atoms with Gasteiger partial charge in [0.25, 0.3) is 0 Å².